The highest BCUT2D eigenvalue weighted by atomic mass is 16.7. The van der Waals surface area contributed by atoms with E-state index in [1.807, 2.05) is 18.2 Å². The Balaban J connectivity index is 1.27. The van der Waals surface area contributed by atoms with Crippen molar-refractivity contribution in [3.8, 4) is 11.5 Å². The zero-order chi connectivity index (χ0) is 16.6. The molecule has 0 spiro atoms. The van der Waals surface area contributed by atoms with Crippen LogP contribution in [0, 0.1) is 0 Å². The molecule has 3 rings (SSSR count). The fraction of sp³-hybridized carbons (Fsp3) is 0.526. The molecule has 2 N–H and O–H groups in total. The summed E-state index contributed by atoms with van der Waals surface area (Å²) in [4.78, 5) is 11.8. The van der Waals surface area contributed by atoms with Crippen LogP contribution < -0.4 is 20.1 Å². The van der Waals surface area contributed by atoms with Crippen LogP contribution in [0.15, 0.2) is 29.8 Å². The summed E-state index contributed by atoms with van der Waals surface area (Å²) in [7, 11) is 0. The first-order valence-corrected chi connectivity index (χ1v) is 8.85. The van der Waals surface area contributed by atoms with Crippen molar-refractivity contribution in [2.24, 2.45) is 0 Å². The Morgan fingerprint density at radius 1 is 1.12 bits per heavy atom. The van der Waals surface area contributed by atoms with Crippen LogP contribution in [0.25, 0.3) is 0 Å². The molecule has 0 bridgehead atoms. The molecule has 1 aliphatic heterocycles. The van der Waals surface area contributed by atoms with Crippen LogP contribution in [-0.2, 0) is 11.3 Å². The first kappa shape index (κ1) is 16.8. The van der Waals surface area contributed by atoms with Gasteiger partial charge in [0.25, 0.3) is 0 Å². The van der Waals surface area contributed by atoms with Crippen LogP contribution in [0.5, 0.6) is 11.5 Å². The lowest BCUT2D eigenvalue weighted by atomic mass is 9.97. The normalized spacial score (nSPS) is 15.9. The summed E-state index contributed by atoms with van der Waals surface area (Å²) in [6, 6.07) is 5.91. The second-order valence-corrected chi connectivity index (χ2v) is 6.32. The van der Waals surface area contributed by atoms with E-state index < -0.39 is 0 Å². The fourth-order valence-corrected chi connectivity index (χ4v) is 3.07. The summed E-state index contributed by atoms with van der Waals surface area (Å²) in [6.45, 7) is 2.44. The van der Waals surface area contributed by atoms with Gasteiger partial charge < -0.3 is 20.1 Å². The number of fused-ring (bicyclic) bond motifs is 1. The Morgan fingerprint density at radius 3 is 2.92 bits per heavy atom. The summed E-state index contributed by atoms with van der Waals surface area (Å²) < 4.78 is 10.7. The average molecular weight is 330 g/mol. The van der Waals surface area contributed by atoms with Gasteiger partial charge in [-0.2, -0.15) is 0 Å². The van der Waals surface area contributed by atoms with Crippen molar-refractivity contribution < 1.29 is 14.3 Å². The third-order valence-corrected chi connectivity index (χ3v) is 4.45. The Labute approximate surface area is 143 Å². The summed E-state index contributed by atoms with van der Waals surface area (Å²) >= 11 is 0. The van der Waals surface area contributed by atoms with E-state index in [4.69, 9.17) is 9.47 Å². The smallest absolute Gasteiger partial charge is 0.231 e. The molecule has 1 aromatic carbocycles. The summed E-state index contributed by atoms with van der Waals surface area (Å²) in [5, 5.41) is 6.30. The topological polar surface area (TPSA) is 59.6 Å². The molecule has 0 saturated heterocycles. The number of carbonyl (C=O) groups excluding carboxylic acids is 1. The second kappa shape index (κ2) is 8.73. The van der Waals surface area contributed by atoms with E-state index in [0.717, 1.165) is 36.6 Å². The van der Waals surface area contributed by atoms with E-state index in [-0.39, 0.29) is 5.91 Å². The lowest BCUT2D eigenvalue weighted by Crippen LogP contribution is -2.28. The third kappa shape index (κ3) is 4.99. The van der Waals surface area contributed by atoms with Crippen LogP contribution in [0.4, 0.5) is 0 Å². The minimum atomic E-state index is 0.115. The van der Waals surface area contributed by atoms with Crippen LogP contribution in [0.2, 0.25) is 0 Å². The maximum atomic E-state index is 11.8. The molecule has 24 heavy (non-hydrogen) atoms. The van der Waals surface area contributed by atoms with Gasteiger partial charge in [-0.15, -0.1) is 0 Å². The predicted molar refractivity (Wildman–Crippen MR) is 93.1 cm³/mol. The molecule has 0 unspecified atom stereocenters. The molecule has 5 nitrogen and oxygen atoms in total. The lowest BCUT2D eigenvalue weighted by Gasteiger charge is -2.13. The first-order valence-electron chi connectivity index (χ1n) is 8.85. The molecule has 0 radical (unpaired) electrons. The van der Waals surface area contributed by atoms with Crippen molar-refractivity contribution in [2.75, 3.05) is 19.9 Å². The third-order valence-electron chi connectivity index (χ3n) is 4.45. The first-order chi connectivity index (χ1) is 11.8. The van der Waals surface area contributed by atoms with Crippen molar-refractivity contribution in [1.82, 2.24) is 10.6 Å². The van der Waals surface area contributed by atoms with E-state index >= 15 is 0 Å². The molecule has 5 heteroatoms. The number of hydrogen-bond acceptors (Lipinski definition) is 4. The lowest BCUT2D eigenvalue weighted by molar-refractivity contribution is -0.120. The molecule has 1 aromatic rings. The number of amides is 1. The molecule has 1 aliphatic carbocycles. The Morgan fingerprint density at radius 2 is 2.04 bits per heavy atom. The fourth-order valence-electron chi connectivity index (χ4n) is 3.07. The van der Waals surface area contributed by atoms with Gasteiger partial charge in [-0.05, 0) is 49.8 Å². The number of carbonyl (C=O) groups is 1. The van der Waals surface area contributed by atoms with Crippen molar-refractivity contribution in [3.05, 3.63) is 35.4 Å². The highest BCUT2D eigenvalue weighted by Crippen LogP contribution is 2.32. The van der Waals surface area contributed by atoms with E-state index in [9.17, 15) is 4.79 Å². The van der Waals surface area contributed by atoms with Gasteiger partial charge in [-0.25, -0.2) is 0 Å². The monoisotopic (exact) mass is 330 g/mol. The van der Waals surface area contributed by atoms with Crippen molar-refractivity contribution in [1.29, 1.82) is 0 Å². The highest BCUT2D eigenvalue weighted by molar-refractivity contribution is 5.76. The molecule has 0 saturated carbocycles. The number of ether oxygens (including phenoxy) is 2. The van der Waals surface area contributed by atoms with Gasteiger partial charge in [0.2, 0.25) is 12.7 Å². The SMILES string of the molecule is O=C(CCNCc1ccc2c(c1)OCO2)NCCC1=CCCCC1. The molecular weight excluding hydrogens is 304 g/mol. The number of allylic oxidation sites excluding steroid dienone is 1. The molecule has 1 amide bonds. The largest absolute Gasteiger partial charge is 0.454 e. The molecule has 0 fully saturated rings. The van der Waals surface area contributed by atoms with Crippen LogP contribution >= 0.6 is 0 Å². The zero-order valence-corrected chi connectivity index (χ0v) is 14.1. The maximum absolute atomic E-state index is 11.8. The maximum Gasteiger partial charge on any atom is 0.231 e. The standard InChI is InChI=1S/C19H26N2O3/c22-19(21-11-8-15-4-2-1-3-5-15)9-10-20-13-16-6-7-17-18(12-16)24-14-23-17/h4,6-7,12,20H,1-3,5,8-11,13-14H2,(H,21,22). The predicted octanol–water partition coefficient (Wildman–Crippen LogP) is 2.90. The van der Waals surface area contributed by atoms with Crippen molar-refractivity contribution in [2.45, 2.75) is 45.1 Å². The van der Waals surface area contributed by atoms with Gasteiger partial charge >= 0.3 is 0 Å². The molecule has 1 heterocycles. The second-order valence-electron chi connectivity index (χ2n) is 6.32. The molecule has 2 aliphatic rings. The van der Waals surface area contributed by atoms with E-state index in [1.54, 1.807) is 0 Å². The van der Waals surface area contributed by atoms with Crippen LogP contribution in [0.3, 0.4) is 0 Å². The van der Waals surface area contributed by atoms with Gasteiger partial charge in [-0.3, -0.25) is 4.79 Å². The van der Waals surface area contributed by atoms with Gasteiger partial charge in [0.05, 0.1) is 0 Å². The van der Waals surface area contributed by atoms with E-state index in [0.29, 0.717) is 19.8 Å². The average Bonchev–Trinajstić information content (AvgIpc) is 3.07. The Kier molecular flexibility index (Phi) is 6.13. The van der Waals surface area contributed by atoms with Crippen molar-refractivity contribution >= 4 is 5.91 Å². The number of benzene rings is 1. The highest BCUT2D eigenvalue weighted by Gasteiger charge is 2.12. The van der Waals surface area contributed by atoms with Gasteiger partial charge in [0.15, 0.2) is 11.5 Å². The molecule has 0 atom stereocenters. The van der Waals surface area contributed by atoms with Gasteiger partial charge in [0, 0.05) is 26.1 Å². The van der Waals surface area contributed by atoms with Crippen LogP contribution in [0.1, 0.15) is 44.1 Å². The Hall–Kier alpha value is -2.01. The van der Waals surface area contributed by atoms with E-state index in [2.05, 4.69) is 16.7 Å². The number of rotatable bonds is 8. The Bertz CT molecular complexity index is 598. The number of nitrogens with one attached hydrogen (secondary N) is 2. The molecule has 0 aromatic heterocycles. The zero-order valence-electron chi connectivity index (χ0n) is 14.1. The van der Waals surface area contributed by atoms with Gasteiger partial charge in [0.1, 0.15) is 0 Å². The number of hydrogen-bond donors (Lipinski definition) is 2. The van der Waals surface area contributed by atoms with Crippen LogP contribution in [-0.4, -0.2) is 25.8 Å². The van der Waals surface area contributed by atoms with Crippen molar-refractivity contribution in [3.63, 3.8) is 0 Å². The quantitative estimate of drug-likeness (QED) is 0.568. The van der Waals surface area contributed by atoms with E-state index in [1.165, 1.54) is 31.3 Å². The molecular formula is C19H26N2O3. The minimum absolute atomic E-state index is 0.115. The summed E-state index contributed by atoms with van der Waals surface area (Å²) in [6.07, 6.45) is 8.84. The summed E-state index contributed by atoms with van der Waals surface area (Å²) in [5.41, 5.74) is 2.63. The molecule has 130 valence electrons. The van der Waals surface area contributed by atoms with Gasteiger partial charge in [-0.1, -0.05) is 17.7 Å². The summed E-state index contributed by atoms with van der Waals surface area (Å²) in [5.74, 6) is 1.71. The minimum Gasteiger partial charge on any atom is -0.454 e.